The minimum atomic E-state index is 1.14. The maximum atomic E-state index is 5.18. The van der Waals surface area contributed by atoms with E-state index in [9.17, 15) is 0 Å². The number of nitrogens with two attached hydrogens (primary N) is 1. The number of allylic oxidation sites excluding steroid dienone is 1. The SMILES string of the molecule is C/C=C\N(N)N=NC. The number of nitrogens with zero attached hydrogens (tertiary/aromatic N) is 3. The van der Waals surface area contributed by atoms with Gasteiger partial charge in [0.25, 0.3) is 0 Å². The van der Waals surface area contributed by atoms with E-state index in [-0.39, 0.29) is 0 Å². The van der Waals surface area contributed by atoms with Crippen molar-refractivity contribution in [3.05, 3.63) is 12.3 Å². The van der Waals surface area contributed by atoms with Gasteiger partial charge in [-0.05, 0) is 6.92 Å². The van der Waals surface area contributed by atoms with Crippen LogP contribution in [0.2, 0.25) is 0 Å². The molecule has 2 N–H and O–H groups in total. The van der Waals surface area contributed by atoms with E-state index in [1.807, 2.05) is 6.92 Å². The van der Waals surface area contributed by atoms with Crippen LogP contribution >= 0.6 is 0 Å². The van der Waals surface area contributed by atoms with Gasteiger partial charge in [-0.2, -0.15) is 10.2 Å². The molecule has 0 saturated carbocycles. The molecule has 0 radical (unpaired) electrons. The lowest BCUT2D eigenvalue weighted by molar-refractivity contribution is 0.388. The molecule has 0 unspecified atom stereocenters. The summed E-state index contributed by atoms with van der Waals surface area (Å²) in [5, 5.41) is 8.03. The third-order valence-electron chi connectivity index (χ3n) is 0.495. The van der Waals surface area contributed by atoms with Crippen molar-refractivity contribution in [3.63, 3.8) is 0 Å². The molecule has 0 spiro atoms. The van der Waals surface area contributed by atoms with E-state index in [4.69, 9.17) is 5.84 Å². The van der Waals surface area contributed by atoms with Crippen LogP contribution in [0.1, 0.15) is 6.92 Å². The van der Waals surface area contributed by atoms with Crippen molar-refractivity contribution in [1.82, 2.24) is 5.12 Å². The fourth-order valence-corrected chi connectivity index (χ4v) is 0.286. The summed E-state index contributed by atoms with van der Waals surface area (Å²) in [6.45, 7) is 1.85. The van der Waals surface area contributed by atoms with E-state index in [1.54, 1.807) is 19.3 Å². The van der Waals surface area contributed by atoms with Crippen LogP contribution in [0, 0.1) is 0 Å². The van der Waals surface area contributed by atoms with Crippen molar-refractivity contribution >= 4 is 0 Å². The molecule has 0 bridgehead atoms. The van der Waals surface area contributed by atoms with Gasteiger partial charge in [0, 0.05) is 6.20 Å². The lowest BCUT2D eigenvalue weighted by atomic mass is 10.7. The molecule has 4 nitrogen and oxygen atoms in total. The van der Waals surface area contributed by atoms with E-state index in [0.29, 0.717) is 0 Å². The molecule has 8 heavy (non-hydrogen) atoms. The van der Waals surface area contributed by atoms with Crippen LogP contribution in [0.4, 0.5) is 0 Å². The van der Waals surface area contributed by atoms with Crippen LogP contribution in [0.25, 0.3) is 0 Å². The molecule has 0 saturated heterocycles. The molecule has 4 heteroatoms. The van der Waals surface area contributed by atoms with E-state index >= 15 is 0 Å². The molecule has 0 aromatic carbocycles. The average molecular weight is 114 g/mol. The second kappa shape index (κ2) is 4.26. The molecule has 0 aliphatic heterocycles. The van der Waals surface area contributed by atoms with Gasteiger partial charge in [0.1, 0.15) is 0 Å². The predicted molar refractivity (Wildman–Crippen MR) is 31.6 cm³/mol. The minimum Gasteiger partial charge on any atom is -0.226 e. The minimum absolute atomic E-state index is 1.14. The van der Waals surface area contributed by atoms with Crippen LogP contribution in [0.15, 0.2) is 22.6 Å². The van der Waals surface area contributed by atoms with Crippen molar-refractivity contribution in [3.8, 4) is 0 Å². The molecule has 0 atom stereocenters. The van der Waals surface area contributed by atoms with Crippen molar-refractivity contribution in [2.45, 2.75) is 6.92 Å². The topological polar surface area (TPSA) is 54.0 Å². The summed E-state index contributed by atoms with van der Waals surface area (Å²) in [6.07, 6.45) is 3.38. The van der Waals surface area contributed by atoms with Gasteiger partial charge in [-0.3, -0.25) is 0 Å². The summed E-state index contributed by atoms with van der Waals surface area (Å²) in [5.41, 5.74) is 0. The number of hydrazine groups is 1. The Morgan fingerprint density at radius 3 is 2.62 bits per heavy atom. The van der Waals surface area contributed by atoms with Crippen LogP contribution in [0.5, 0.6) is 0 Å². The highest BCUT2D eigenvalue weighted by molar-refractivity contribution is 4.71. The van der Waals surface area contributed by atoms with Gasteiger partial charge in [-0.15, -0.1) is 0 Å². The normalized spacial score (nSPS) is 11.4. The fourth-order valence-electron chi connectivity index (χ4n) is 0.286. The van der Waals surface area contributed by atoms with Gasteiger partial charge in [-0.25, -0.2) is 5.84 Å². The molecular weight excluding hydrogens is 104 g/mol. The molecule has 0 amide bonds. The van der Waals surface area contributed by atoms with Gasteiger partial charge in [-0.1, -0.05) is 11.3 Å². The van der Waals surface area contributed by atoms with Crippen molar-refractivity contribution < 1.29 is 0 Å². The molecule has 0 fully saturated rings. The average Bonchev–Trinajstić information content (AvgIpc) is 1.68. The second-order valence-electron chi connectivity index (χ2n) is 1.15. The first-order valence-corrected chi connectivity index (χ1v) is 2.27. The van der Waals surface area contributed by atoms with Crippen molar-refractivity contribution in [2.75, 3.05) is 7.05 Å². The van der Waals surface area contributed by atoms with E-state index in [1.165, 1.54) is 0 Å². The highest BCUT2D eigenvalue weighted by Gasteiger charge is 1.76. The summed E-state index contributed by atoms with van der Waals surface area (Å²) in [4.78, 5) is 0. The van der Waals surface area contributed by atoms with Crippen LogP contribution in [0.3, 0.4) is 0 Å². The smallest absolute Gasteiger partial charge is 0.0509 e. The largest absolute Gasteiger partial charge is 0.226 e. The Labute approximate surface area is 48.6 Å². The van der Waals surface area contributed by atoms with E-state index in [2.05, 4.69) is 10.3 Å². The Morgan fingerprint density at radius 1 is 1.62 bits per heavy atom. The van der Waals surface area contributed by atoms with Gasteiger partial charge in [0.2, 0.25) is 0 Å². The Kier molecular flexibility index (Phi) is 3.78. The molecule has 0 heterocycles. The number of rotatable bonds is 2. The Bertz CT molecular complexity index is 84.2. The monoisotopic (exact) mass is 114 g/mol. The predicted octanol–water partition coefficient (Wildman–Crippen LogP) is 0.693. The molecule has 0 aromatic rings. The van der Waals surface area contributed by atoms with E-state index < -0.39 is 0 Å². The number of hydrogen-bond acceptors (Lipinski definition) is 3. The highest BCUT2D eigenvalue weighted by Crippen LogP contribution is 1.79. The number of hydrogen-bond donors (Lipinski definition) is 1. The van der Waals surface area contributed by atoms with Crippen LogP contribution in [-0.4, -0.2) is 12.2 Å². The van der Waals surface area contributed by atoms with Gasteiger partial charge in [0.15, 0.2) is 0 Å². The van der Waals surface area contributed by atoms with Crippen molar-refractivity contribution in [1.29, 1.82) is 0 Å². The Morgan fingerprint density at radius 2 is 2.25 bits per heavy atom. The standard InChI is InChI=1S/C4H10N4/c1-3-4-8(5)7-6-2/h3-4H,5H2,1-2H3/b4-3-,7-6?. The maximum absolute atomic E-state index is 5.18. The summed E-state index contributed by atoms with van der Waals surface area (Å²) in [5.74, 6) is 5.18. The molecule has 0 aliphatic rings. The first-order valence-electron chi connectivity index (χ1n) is 2.27. The maximum Gasteiger partial charge on any atom is 0.0509 e. The molecule has 0 aliphatic carbocycles. The third-order valence-corrected chi connectivity index (χ3v) is 0.495. The lowest BCUT2D eigenvalue weighted by Crippen LogP contribution is -2.16. The van der Waals surface area contributed by atoms with Crippen molar-refractivity contribution in [2.24, 2.45) is 16.2 Å². The zero-order valence-corrected chi connectivity index (χ0v) is 5.07. The molecule has 46 valence electrons. The van der Waals surface area contributed by atoms with E-state index in [0.717, 1.165) is 5.12 Å². The van der Waals surface area contributed by atoms with Gasteiger partial charge < -0.3 is 0 Å². The first kappa shape index (κ1) is 7.10. The summed E-state index contributed by atoms with van der Waals surface area (Å²) in [6, 6.07) is 0. The zero-order chi connectivity index (χ0) is 6.41. The quantitative estimate of drug-likeness (QED) is 0.326. The Balaban J connectivity index is 3.47. The first-order chi connectivity index (χ1) is 3.81. The Hall–Kier alpha value is -0.900. The molecule has 0 rings (SSSR count). The third kappa shape index (κ3) is 3.30. The zero-order valence-electron chi connectivity index (χ0n) is 5.07. The van der Waals surface area contributed by atoms with Crippen LogP contribution in [-0.2, 0) is 0 Å². The van der Waals surface area contributed by atoms with Gasteiger partial charge >= 0.3 is 0 Å². The summed E-state index contributed by atoms with van der Waals surface area (Å²) < 4.78 is 0. The second-order valence-corrected chi connectivity index (χ2v) is 1.15. The molecule has 0 aromatic heterocycles. The molecular formula is C4H10N4. The summed E-state index contributed by atoms with van der Waals surface area (Å²) in [7, 11) is 1.56. The lowest BCUT2D eigenvalue weighted by Gasteiger charge is -1.99. The van der Waals surface area contributed by atoms with Gasteiger partial charge in [0.05, 0.1) is 7.05 Å². The fraction of sp³-hybridized carbons (Fsp3) is 0.500. The highest BCUT2D eigenvalue weighted by atomic mass is 15.7. The summed E-state index contributed by atoms with van der Waals surface area (Å²) >= 11 is 0. The van der Waals surface area contributed by atoms with Crippen LogP contribution < -0.4 is 5.84 Å².